The van der Waals surface area contributed by atoms with Crippen LogP contribution in [0.2, 0.25) is 0 Å². The summed E-state index contributed by atoms with van der Waals surface area (Å²) < 4.78 is 11.9. The fourth-order valence-corrected chi connectivity index (χ4v) is 5.22. The van der Waals surface area contributed by atoms with Gasteiger partial charge in [0.05, 0.1) is 43.2 Å². The number of carbonyl (C=O) groups is 2. The molecule has 0 unspecified atom stereocenters. The monoisotopic (exact) mass is 506 g/mol. The minimum Gasteiger partial charge on any atom is -0.469 e. The molecule has 8 nitrogen and oxygen atoms in total. The molecule has 4 rings (SSSR count). The molecule has 3 aromatic rings. The van der Waals surface area contributed by atoms with Crippen molar-refractivity contribution in [1.82, 2.24) is 19.8 Å². The zero-order valence-electron chi connectivity index (χ0n) is 20.9. The number of rotatable bonds is 8. The Morgan fingerprint density at radius 1 is 1.08 bits per heavy atom. The molecule has 36 heavy (non-hydrogen) atoms. The van der Waals surface area contributed by atoms with Crippen molar-refractivity contribution in [3.8, 4) is 5.69 Å². The molecule has 1 aliphatic rings. The van der Waals surface area contributed by atoms with Crippen LogP contribution in [0.15, 0.2) is 54.7 Å². The van der Waals surface area contributed by atoms with Crippen LogP contribution in [-0.2, 0) is 14.3 Å². The normalized spacial score (nSPS) is 17.1. The van der Waals surface area contributed by atoms with Crippen molar-refractivity contribution < 1.29 is 19.1 Å². The van der Waals surface area contributed by atoms with E-state index in [0.717, 1.165) is 28.3 Å². The van der Waals surface area contributed by atoms with Crippen LogP contribution >= 0.6 is 12.2 Å². The molecule has 0 saturated carbocycles. The van der Waals surface area contributed by atoms with Gasteiger partial charge >= 0.3 is 11.9 Å². The first-order valence-electron chi connectivity index (χ1n) is 11.8. The Morgan fingerprint density at radius 2 is 1.83 bits per heavy atom. The quantitative estimate of drug-likeness (QED) is 0.359. The van der Waals surface area contributed by atoms with Gasteiger partial charge in [0.25, 0.3) is 0 Å². The van der Waals surface area contributed by atoms with Crippen molar-refractivity contribution in [3.05, 3.63) is 82.9 Å². The molecule has 3 heterocycles. The average Bonchev–Trinajstić information content (AvgIpc) is 3.38. The van der Waals surface area contributed by atoms with Crippen molar-refractivity contribution in [2.24, 2.45) is 0 Å². The Kier molecular flexibility index (Phi) is 7.69. The van der Waals surface area contributed by atoms with Crippen LogP contribution < -0.4 is 5.32 Å². The number of hydrogen-bond acceptors (Lipinski definition) is 6. The zero-order chi connectivity index (χ0) is 25.8. The summed E-state index contributed by atoms with van der Waals surface area (Å²) in [6.45, 7) is 4.64. The van der Waals surface area contributed by atoms with Gasteiger partial charge in [-0.1, -0.05) is 18.2 Å². The number of pyridine rings is 1. The number of benzene rings is 1. The minimum absolute atomic E-state index is 0.157. The van der Waals surface area contributed by atoms with Crippen LogP contribution in [0.1, 0.15) is 57.9 Å². The maximum absolute atomic E-state index is 12.5. The van der Waals surface area contributed by atoms with Crippen LogP contribution in [0.5, 0.6) is 0 Å². The molecule has 1 N–H and O–H groups in total. The third kappa shape index (κ3) is 4.83. The summed E-state index contributed by atoms with van der Waals surface area (Å²) in [5.74, 6) is -0.636. The lowest BCUT2D eigenvalue weighted by molar-refractivity contribution is -0.140. The highest BCUT2D eigenvalue weighted by molar-refractivity contribution is 7.80. The molecule has 1 aliphatic heterocycles. The minimum atomic E-state index is -0.390. The van der Waals surface area contributed by atoms with E-state index in [2.05, 4.69) is 25.8 Å². The first-order valence-corrected chi connectivity index (χ1v) is 12.2. The molecule has 0 bridgehead atoms. The number of hydrogen-bond donors (Lipinski definition) is 1. The van der Waals surface area contributed by atoms with Gasteiger partial charge in [-0.05, 0) is 68.4 Å². The number of nitrogens with one attached hydrogen (secondary N) is 1. The Bertz CT molecular complexity index is 1270. The third-order valence-electron chi connectivity index (χ3n) is 6.54. The summed E-state index contributed by atoms with van der Waals surface area (Å²) >= 11 is 5.75. The van der Waals surface area contributed by atoms with E-state index in [-0.39, 0.29) is 24.0 Å². The van der Waals surface area contributed by atoms with Crippen LogP contribution in [0.4, 0.5) is 0 Å². The standard InChI is InChI=1S/C27H30N4O4S/c1-17-16-20(18(2)31(17)22-12-6-5-10-19(22)26(33)35-4)25-24(21-11-7-8-14-28-21)29-27(36)30(25)15-9-13-23(32)34-3/h5-8,10-12,14,16,24-25H,9,13,15H2,1-4H3,(H,29,36)/t24-,25-/m1/s1. The highest BCUT2D eigenvalue weighted by Crippen LogP contribution is 2.41. The van der Waals surface area contributed by atoms with Gasteiger partial charge in [0.1, 0.15) is 0 Å². The number of esters is 2. The van der Waals surface area contributed by atoms with Crippen LogP contribution in [-0.4, -0.2) is 52.3 Å². The number of thiocarbonyl (C=S) groups is 1. The van der Waals surface area contributed by atoms with Gasteiger partial charge in [-0.15, -0.1) is 0 Å². The lowest BCUT2D eigenvalue weighted by atomic mass is 9.96. The molecular weight excluding hydrogens is 476 g/mol. The first kappa shape index (κ1) is 25.4. The van der Waals surface area contributed by atoms with E-state index in [4.69, 9.17) is 21.7 Å². The fourth-order valence-electron chi connectivity index (χ4n) is 4.89. The molecule has 2 atom stereocenters. The number of carbonyl (C=O) groups excluding carboxylic acids is 2. The van der Waals surface area contributed by atoms with Gasteiger partial charge in [0.2, 0.25) is 0 Å². The average molecular weight is 507 g/mol. The largest absolute Gasteiger partial charge is 0.469 e. The smallest absolute Gasteiger partial charge is 0.339 e. The number of ether oxygens (including phenoxy) is 2. The lowest BCUT2D eigenvalue weighted by Gasteiger charge is -2.28. The molecule has 0 amide bonds. The zero-order valence-corrected chi connectivity index (χ0v) is 21.7. The molecule has 1 fully saturated rings. The number of aryl methyl sites for hydroxylation is 1. The van der Waals surface area contributed by atoms with Gasteiger partial charge in [-0.3, -0.25) is 9.78 Å². The molecule has 1 aromatic carbocycles. The topological polar surface area (TPSA) is 85.7 Å². The van der Waals surface area contributed by atoms with Gasteiger partial charge in [0.15, 0.2) is 5.11 Å². The Morgan fingerprint density at radius 3 is 2.53 bits per heavy atom. The maximum Gasteiger partial charge on any atom is 0.339 e. The van der Waals surface area contributed by atoms with E-state index in [9.17, 15) is 9.59 Å². The van der Waals surface area contributed by atoms with E-state index in [1.165, 1.54) is 14.2 Å². The summed E-state index contributed by atoms with van der Waals surface area (Å²) in [7, 11) is 2.78. The van der Waals surface area contributed by atoms with Crippen molar-refractivity contribution in [2.75, 3.05) is 20.8 Å². The summed E-state index contributed by atoms with van der Waals surface area (Å²) in [6, 6.07) is 15.0. The number of aromatic nitrogens is 2. The maximum atomic E-state index is 12.5. The number of para-hydroxylation sites is 1. The first-order chi connectivity index (χ1) is 17.4. The molecule has 0 aliphatic carbocycles. The van der Waals surface area contributed by atoms with E-state index in [1.807, 2.05) is 50.2 Å². The predicted molar refractivity (Wildman–Crippen MR) is 140 cm³/mol. The summed E-state index contributed by atoms with van der Waals surface area (Å²) in [4.78, 5) is 31.0. The summed E-state index contributed by atoms with van der Waals surface area (Å²) in [5.41, 5.74) is 5.15. The van der Waals surface area contributed by atoms with Crippen molar-refractivity contribution >= 4 is 29.3 Å². The van der Waals surface area contributed by atoms with E-state index < -0.39 is 0 Å². The van der Waals surface area contributed by atoms with Gasteiger partial charge in [-0.2, -0.15) is 0 Å². The molecule has 1 saturated heterocycles. The second kappa shape index (κ2) is 10.9. The Balaban J connectivity index is 1.79. The SMILES string of the molecule is COC(=O)CCCN1C(=S)N[C@H](c2ccccn2)[C@H]1c1cc(C)n(-c2ccccc2C(=O)OC)c1C. The van der Waals surface area contributed by atoms with Gasteiger partial charge in [-0.25, -0.2) is 4.79 Å². The van der Waals surface area contributed by atoms with E-state index >= 15 is 0 Å². The van der Waals surface area contributed by atoms with Gasteiger partial charge < -0.3 is 24.3 Å². The highest BCUT2D eigenvalue weighted by atomic mass is 32.1. The van der Waals surface area contributed by atoms with Crippen LogP contribution in [0, 0.1) is 13.8 Å². The highest BCUT2D eigenvalue weighted by Gasteiger charge is 2.41. The van der Waals surface area contributed by atoms with Crippen LogP contribution in [0.3, 0.4) is 0 Å². The van der Waals surface area contributed by atoms with Crippen molar-refractivity contribution in [3.63, 3.8) is 0 Å². The molecule has 2 aromatic heterocycles. The molecule has 9 heteroatoms. The molecule has 188 valence electrons. The third-order valence-corrected chi connectivity index (χ3v) is 6.90. The second-order valence-corrected chi connectivity index (χ2v) is 9.06. The Labute approximate surface area is 216 Å². The van der Waals surface area contributed by atoms with E-state index in [1.54, 1.807) is 12.3 Å². The lowest BCUT2D eigenvalue weighted by Crippen LogP contribution is -2.31. The second-order valence-electron chi connectivity index (χ2n) is 8.67. The number of methoxy groups -OCH3 is 2. The van der Waals surface area contributed by atoms with Crippen LogP contribution in [0.25, 0.3) is 5.69 Å². The van der Waals surface area contributed by atoms with E-state index in [0.29, 0.717) is 30.1 Å². The summed E-state index contributed by atoms with van der Waals surface area (Å²) in [6.07, 6.45) is 2.68. The molecular formula is C27H30N4O4S. The Hall–Kier alpha value is -3.72. The summed E-state index contributed by atoms with van der Waals surface area (Å²) in [5, 5.41) is 4.06. The number of nitrogens with zero attached hydrogens (tertiary/aromatic N) is 3. The predicted octanol–water partition coefficient (Wildman–Crippen LogP) is 4.20. The van der Waals surface area contributed by atoms with Crippen molar-refractivity contribution in [2.45, 2.75) is 38.8 Å². The molecule has 0 radical (unpaired) electrons. The van der Waals surface area contributed by atoms with Gasteiger partial charge in [0, 0.05) is 30.6 Å². The fraction of sp³-hybridized carbons (Fsp3) is 0.333. The van der Waals surface area contributed by atoms with Crippen molar-refractivity contribution in [1.29, 1.82) is 0 Å². The molecule has 0 spiro atoms.